The molecule has 154 valence electrons. The number of aromatic nitrogens is 4. The summed E-state index contributed by atoms with van der Waals surface area (Å²) >= 11 is 1.37. The van der Waals surface area contributed by atoms with Crippen LogP contribution in [0.4, 0.5) is 0 Å². The zero-order chi connectivity index (χ0) is 21.4. The lowest BCUT2D eigenvalue weighted by Crippen LogP contribution is -2.24. The lowest BCUT2D eigenvalue weighted by Gasteiger charge is -2.15. The minimum Gasteiger partial charge on any atom is -0.467 e. The van der Waals surface area contributed by atoms with Gasteiger partial charge in [0.15, 0.2) is 5.16 Å². The summed E-state index contributed by atoms with van der Waals surface area (Å²) in [7, 11) is 0. The second-order valence-electron chi connectivity index (χ2n) is 7.11. The topological polar surface area (TPSA) is 93.8 Å². The standard InChI is InChI=1S/C23H18N4O3S/c1-14(20-24-18-10-4-2-8-16(18)21(28)26-20)31-23-25-19-11-5-3-9-17(19)22(29)27(23)13-15-7-6-12-30-15/h2-12,14H,13H2,1H3,(H,24,26,28). The molecule has 5 aromatic rings. The first-order valence-corrected chi connectivity index (χ1v) is 10.7. The third-order valence-corrected chi connectivity index (χ3v) is 6.12. The number of hydrogen-bond donors (Lipinski definition) is 1. The number of fused-ring (bicyclic) bond motifs is 2. The molecule has 1 N–H and O–H groups in total. The fourth-order valence-corrected chi connectivity index (χ4v) is 4.41. The molecule has 3 aromatic heterocycles. The third-order valence-electron chi connectivity index (χ3n) is 5.02. The molecule has 3 heterocycles. The van der Waals surface area contributed by atoms with Gasteiger partial charge in [0.25, 0.3) is 11.1 Å². The van der Waals surface area contributed by atoms with Crippen molar-refractivity contribution in [3.05, 3.63) is 99.2 Å². The Balaban J connectivity index is 1.59. The molecule has 1 atom stereocenters. The van der Waals surface area contributed by atoms with Gasteiger partial charge in [-0.3, -0.25) is 14.2 Å². The summed E-state index contributed by atoms with van der Waals surface area (Å²) in [4.78, 5) is 37.9. The van der Waals surface area contributed by atoms with Gasteiger partial charge in [0.2, 0.25) is 0 Å². The number of nitrogens with zero attached hydrogens (tertiary/aromatic N) is 3. The van der Waals surface area contributed by atoms with Gasteiger partial charge < -0.3 is 9.40 Å². The number of hydrogen-bond acceptors (Lipinski definition) is 6. The van der Waals surface area contributed by atoms with Crippen LogP contribution in [0, 0.1) is 0 Å². The van der Waals surface area contributed by atoms with E-state index in [1.54, 1.807) is 29.0 Å². The molecular weight excluding hydrogens is 412 g/mol. The Kier molecular flexibility index (Phi) is 4.91. The van der Waals surface area contributed by atoms with E-state index in [1.165, 1.54) is 11.8 Å². The van der Waals surface area contributed by atoms with E-state index in [0.717, 1.165) is 0 Å². The van der Waals surface area contributed by atoms with Crippen LogP contribution in [-0.4, -0.2) is 19.5 Å². The molecule has 2 aromatic carbocycles. The molecule has 0 fully saturated rings. The first-order valence-electron chi connectivity index (χ1n) is 9.78. The van der Waals surface area contributed by atoms with Crippen LogP contribution in [0.15, 0.2) is 86.1 Å². The Labute approximate surface area is 180 Å². The highest BCUT2D eigenvalue weighted by atomic mass is 32.2. The number of H-pyrrole nitrogens is 1. The molecule has 0 radical (unpaired) electrons. The third kappa shape index (κ3) is 3.66. The lowest BCUT2D eigenvalue weighted by atomic mass is 10.2. The molecule has 0 saturated heterocycles. The summed E-state index contributed by atoms with van der Waals surface area (Å²) in [5.41, 5.74) is 0.926. The van der Waals surface area contributed by atoms with Gasteiger partial charge in [0.05, 0.1) is 39.9 Å². The SMILES string of the molecule is CC(Sc1nc2ccccc2c(=O)n1Cc1ccco1)c1nc2ccccc2c(=O)[nH]1. The quantitative estimate of drug-likeness (QED) is 0.333. The maximum atomic E-state index is 13.2. The van der Waals surface area contributed by atoms with E-state index in [-0.39, 0.29) is 22.9 Å². The molecule has 0 saturated carbocycles. The van der Waals surface area contributed by atoms with Crippen LogP contribution >= 0.6 is 11.8 Å². The second-order valence-corrected chi connectivity index (χ2v) is 8.42. The van der Waals surface area contributed by atoms with Crippen LogP contribution in [0.5, 0.6) is 0 Å². The molecule has 1 unspecified atom stereocenters. The van der Waals surface area contributed by atoms with Crippen molar-refractivity contribution in [2.24, 2.45) is 0 Å². The van der Waals surface area contributed by atoms with Crippen LogP contribution in [-0.2, 0) is 6.54 Å². The van der Waals surface area contributed by atoms with Crippen molar-refractivity contribution in [2.45, 2.75) is 23.9 Å². The second kappa shape index (κ2) is 7.88. The molecule has 0 amide bonds. The molecule has 0 aliphatic rings. The highest BCUT2D eigenvalue weighted by Gasteiger charge is 2.18. The van der Waals surface area contributed by atoms with Crippen LogP contribution < -0.4 is 11.1 Å². The average molecular weight is 430 g/mol. The predicted molar refractivity (Wildman–Crippen MR) is 120 cm³/mol. The number of benzene rings is 2. The molecule has 31 heavy (non-hydrogen) atoms. The van der Waals surface area contributed by atoms with E-state index in [9.17, 15) is 9.59 Å². The Morgan fingerprint density at radius 1 is 0.968 bits per heavy atom. The maximum absolute atomic E-state index is 13.2. The number of aromatic amines is 1. The van der Waals surface area contributed by atoms with Crippen LogP contribution in [0.1, 0.15) is 23.8 Å². The summed E-state index contributed by atoms with van der Waals surface area (Å²) in [6.07, 6.45) is 1.58. The van der Waals surface area contributed by atoms with Gasteiger partial charge in [-0.1, -0.05) is 36.0 Å². The largest absolute Gasteiger partial charge is 0.467 e. The van der Waals surface area contributed by atoms with Crippen molar-refractivity contribution in [1.82, 2.24) is 19.5 Å². The van der Waals surface area contributed by atoms with E-state index >= 15 is 0 Å². The molecule has 0 spiro atoms. The normalized spacial score (nSPS) is 12.4. The van der Waals surface area contributed by atoms with Crippen molar-refractivity contribution < 1.29 is 4.42 Å². The van der Waals surface area contributed by atoms with Crippen molar-refractivity contribution in [1.29, 1.82) is 0 Å². The average Bonchev–Trinajstić information content (AvgIpc) is 3.30. The Morgan fingerprint density at radius 3 is 2.42 bits per heavy atom. The zero-order valence-electron chi connectivity index (χ0n) is 16.6. The summed E-state index contributed by atoms with van der Waals surface area (Å²) < 4.78 is 7.06. The molecule has 7 nitrogen and oxygen atoms in total. The molecular formula is C23H18N4O3S. The molecule has 0 bridgehead atoms. The number of para-hydroxylation sites is 2. The van der Waals surface area contributed by atoms with Crippen LogP contribution in [0.25, 0.3) is 21.8 Å². The van der Waals surface area contributed by atoms with E-state index in [1.807, 2.05) is 49.4 Å². The van der Waals surface area contributed by atoms with Gasteiger partial charge in [0.1, 0.15) is 11.6 Å². The first kappa shape index (κ1) is 19.3. The highest BCUT2D eigenvalue weighted by molar-refractivity contribution is 7.99. The number of furan rings is 1. The zero-order valence-corrected chi connectivity index (χ0v) is 17.4. The minimum absolute atomic E-state index is 0.142. The predicted octanol–water partition coefficient (Wildman–Crippen LogP) is 4.13. The first-order chi connectivity index (χ1) is 15.1. The van der Waals surface area contributed by atoms with Gasteiger partial charge >= 0.3 is 0 Å². The number of rotatable bonds is 5. The summed E-state index contributed by atoms with van der Waals surface area (Å²) in [5.74, 6) is 1.19. The fraction of sp³-hybridized carbons (Fsp3) is 0.130. The fourth-order valence-electron chi connectivity index (χ4n) is 3.45. The smallest absolute Gasteiger partial charge is 0.262 e. The molecule has 0 aliphatic heterocycles. The molecule has 5 rings (SSSR count). The van der Waals surface area contributed by atoms with Gasteiger partial charge in [-0.05, 0) is 43.3 Å². The molecule has 0 aliphatic carbocycles. The van der Waals surface area contributed by atoms with Crippen LogP contribution in [0.3, 0.4) is 0 Å². The summed E-state index contributed by atoms with van der Waals surface area (Å²) in [6, 6.07) is 18.1. The van der Waals surface area contributed by atoms with Crippen molar-refractivity contribution in [3.63, 3.8) is 0 Å². The minimum atomic E-state index is -0.242. The number of thioether (sulfide) groups is 1. The highest BCUT2D eigenvalue weighted by Crippen LogP contribution is 2.32. The van der Waals surface area contributed by atoms with E-state index < -0.39 is 0 Å². The van der Waals surface area contributed by atoms with Crippen LogP contribution in [0.2, 0.25) is 0 Å². The summed E-state index contributed by atoms with van der Waals surface area (Å²) in [5, 5.41) is 1.38. The Bertz CT molecular complexity index is 1510. The van der Waals surface area contributed by atoms with Gasteiger partial charge in [-0.2, -0.15) is 0 Å². The van der Waals surface area contributed by atoms with E-state index in [4.69, 9.17) is 9.40 Å². The van der Waals surface area contributed by atoms with Crippen molar-refractivity contribution in [3.8, 4) is 0 Å². The molecule has 8 heteroatoms. The van der Waals surface area contributed by atoms with E-state index in [2.05, 4.69) is 9.97 Å². The van der Waals surface area contributed by atoms with Crippen molar-refractivity contribution >= 4 is 33.6 Å². The monoisotopic (exact) mass is 430 g/mol. The Morgan fingerprint density at radius 2 is 1.68 bits per heavy atom. The van der Waals surface area contributed by atoms with Crippen molar-refractivity contribution in [2.75, 3.05) is 0 Å². The van der Waals surface area contributed by atoms with Gasteiger partial charge in [-0.25, -0.2) is 9.97 Å². The van der Waals surface area contributed by atoms with Gasteiger partial charge in [0, 0.05) is 0 Å². The summed E-state index contributed by atoms with van der Waals surface area (Å²) in [6.45, 7) is 2.19. The maximum Gasteiger partial charge on any atom is 0.262 e. The van der Waals surface area contributed by atoms with Gasteiger partial charge in [-0.15, -0.1) is 0 Å². The van der Waals surface area contributed by atoms with E-state index in [0.29, 0.717) is 38.5 Å². The lowest BCUT2D eigenvalue weighted by molar-refractivity contribution is 0.476. The Hall–Kier alpha value is -3.65. The number of nitrogens with one attached hydrogen (secondary N) is 1.